The number of carbonyl (C=O) groups excluding carboxylic acids is 1. The van der Waals surface area contributed by atoms with Crippen LogP contribution in [0.15, 0.2) is 130 Å². The van der Waals surface area contributed by atoms with Gasteiger partial charge in [0, 0.05) is 17.4 Å². The summed E-state index contributed by atoms with van der Waals surface area (Å²) in [6.45, 7) is 3.55. The second-order valence-electron chi connectivity index (χ2n) is 9.49. The van der Waals surface area contributed by atoms with Crippen LogP contribution in [0.3, 0.4) is 0 Å². The minimum atomic E-state index is -0.676. The molecule has 5 aromatic rings. The van der Waals surface area contributed by atoms with Crippen LogP contribution in [0.25, 0.3) is 16.7 Å². The summed E-state index contributed by atoms with van der Waals surface area (Å²) >= 11 is 0. The molecule has 0 aliphatic heterocycles. The molecule has 0 bridgehead atoms. The third kappa shape index (κ3) is 5.33. The van der Waals surface area contributed by atoms with Crippen molar-refractivity contribution in [3.63, 3.8) is 0 Å². The van der Waals surface area contributed by atoms with Gasteiger partial charge in [-0.3, -0.25) is 28.9 Å². The van der Waals surface area contributed by atoms with Gasteiger partial charge < -0.3 is 4.90 Å². The van der Waals surface area contributed by atoms with Gasteiger partial charge in [-0.25, -0.2) is 0 Å². The highest BCUT2D eigenvalue weighted by atomic mass is 16.2. The van der Waals surface area contributed by atoms with E-state index in [4.69, 9.17) is 0 Å². The molecular formula is C32H29N5O3. The first-order chi connectivity index (χ1) is 19.5. The summed E-state index contributed by atoms with van der Waals surface area (Å²) in [5.41, 5.74) is 4.37. The molecule has 40 heavy (non-hydrogen) atoms. The number of amides is 1. The molecule has 1 aromatic heterocycles. The predicted molar refractivity (Wildman–Crippen MR) is 158 cm³/mol. The molecule has 0 atom stereocenters. The molecule has 0 spiro atoms. The lowest BCUT2D eigenvalue weighted by atomic mass is 10.2. The zero-order valence-corrected chi connectivity index (χ0v) is 22.3. The average molecular weight is 532 g/mol. The smallest absolute Gasteiger partial charge is 0.289 e. The fourth-order valence-electron chi connectivity index (χ4n) is 4.67. The van der Waals surface area contributed by atoms with Crippen LogP contribution in [0.1, 0.15) is 13.8 Å². The van der Waals surface area contributed by atoms with Crippen molar-refractivity contribution in [1.82, 2.24) is 9.13 Å². The molecule has 0 unspecified atom stereocenters. The van der Waals surface area contributed by atoms with Gasteiger partial charge in [-0.15, -0.1) is 0 Å². The van der Waals surface area contributed by atoms with Crippen molar-refractivity contribution < 1.29 is 4.79 Å². The summed E-state index contributed by atoms with van der Waals surface area (Å²) < 4.78 is 2.79. The first kappa shape index (κ1) is 26.4. The van der Waals surface area contributed by atoms with Gasteiger partial charge in [0.1, 0.15) is 6.54 Å². The summed E-state index contributed by atoms with van der Waals surface area (Å²) in [5.74, 6) is -0.291. The van der Waals surface area contributed by atoms with E-state index in [0.717, 1.165) is 5.69 Å². The van der Waals surface area contributed by atoms with Crippen LogP contribution in [0, 0.1) is 0 Å². The molecule has 0 saturated heterocycles. The second kappa shape index (κ2) is 11.7. The van der Waals surface area contributed by atoms with E-state index in [-0.39, 0.29) is 23.9 Å². The largest absolute Gasteiger partial charge is 0.308 e. The van der Waals surface area contributed by atoms with Crippen LogP contribution in [-0.2, 0) is 11.3 Å². The predicted octanol–water partition coefficient (Wildman–Crippen LogP) is 4.52. The molecule has 0 saturated carbocycles. The van der Waals surface area contributed by atoms with E-state index in [0.29, 0.717) is 22.4 Å². The number of benzene rings is 4. The van der Waals surface area contributed by atoms with Gasteiger partial charge in [0.05, 0.1) is 16.7 Å². The highest BCUT2D eigenvalue weighted by Crippen LogP contribution is 2.19. The van der Waals surface area contributed by atoms with Crippen LogP contribution < -0.4 is 26.8 Å². The van der Waals surface area contributed by atoms with Crippen molar-refractivity contribution in [1.29, 1.82) is 0 Å². The Morgan fingerprint density at radius 3 is 1.93 bits per heavy atom. The van der Waals surface area contributed by atoms with Gasteiger partial charge in [-0.05, 0) is 62.4 Å². The van der Waals surface area contributed by atoms with E-state index < -0.39 is 11.1 Å². The maximum atomic E-state index is 14.1. The molecule has 0 radical (unpaired) electrons. The Morgan fingerprint density at radius 2 is 1.30 bits per heavy atom. The normalized spacial score (nSPS) is 11.5. The number of carbonyl (C=O) groups is 1. The molecule has 0 fully saturated rings. The standard InChI is InChI=1S/C32H29N5O3/c1-23(2)36(25-16-8-4-9-17-25)29(38)22-35-27-20-12-13-21-28(27)37(26-18-10-5-11-19-26)32(40)30(31(35)39)34-33-24-14-6-3-7-15-24/h3-21,23,33H,22H2,1-2H3. The van der Waals surface area contributed by atoms with E-state index in [1.807, 2.05) is 80.6 Å². The van der Waals surface area contributed by atoms with Crippen molar-refractivity contribution >= 4 is 28.3 Å². The topological polar surface area (TPSA) is 88.7 Å². The summed E-state index contributed by atoms with van der Waals surface area (Å²) in [6.07, 6.45) is 0. The number of rotatable bonds is 7. The zero-order valence-electron chi connectivity index (χ0n) is 22.3. The molecule has 8 nitrogen and oxygen atoms in total. The Kier molecular flexibility index (Phi) is 7.68. The third-order valence-corrected chi connectivity index (χ3v) is 6.46. The average Bonchev–Trinajstić information content (AvgIpc) is 3.06. The van der Waals surface area contributed by atoms with Crippen molar-refractivity contribution in [2.75, 3.05) is 10.3 Å². The number of aromatic nitrogens is 2. The number of fused-ring (bicyclic) bond motifs is 1. The summed E-state index contributed by atoms with van der Waals surface area (Å²) in [5, 5.41) is 3.95. The number of anilines is 2. The van der Waals surface area contributed by atoms with Crippen molar-refractivity contribution in [2.24, 2.45) is 5.10 Å². The molecular weight excluding hydrogens is 502 g/mol. The van der Waals surface area contributed by atoms with Crippen LogP contribution >= 0.6 is 0 Å². The lowest BCUT2D eigenvalue weighted by Crippen LogP contribution is -2.47. The van der Waals surface area contributed by atoms with E-state index in [9.17, 15) is 14.4 Å². The molecule has 5 rings (SSSR count). The van der Waals surface area contributed by atoms with E-state index >= 15 is 0 Å². The minimum Gasteiger partial charge on any atom is -0.308 e. The highest BCUT2D eigenvalue weighted by Gasteiger charge is 2.22. The monoisotopic (exact) mass is 531 g/mol. The van der Waals surface area contributed by atoms with Crippen molar-refractivity contribution in [3.8, 4) is 5.69 Å². The Labute approximate surface area is 231 Å². The van der Waals surface area contributed by atoms with Crippen LogP contribution in [-0.4, -0.2) is 21.1 Å². The van der Waals surface area contributed by atoms with E-state index in [1.165, 1.54) is 9.13 Å². The number of hydrogen-bond acceptors (Lipinski definition) is 5. The van der Waals surface area contributed by atoms with Crippen molar-refractivity contribution in [2.45, 2.75) is 26.4 Å². The first-order valence-electron chi connectivity index (χ1n) is 13.0. The number of nitrogens with zero attached hydrogens (tertiary/aromatic N) is 4. The van der Waals surface area contributed by atoms with E-state index in [1.54, 1.807) is 53.4 Å². The zero-order chi connectivity index (χ0) is 28.1. The van der Waals surface area contributed by atoms with Gasteiger partial charge in [-0.2, -0.15) is 5.10 Å². The fourth-order valence-corrected chi connectivity index (χ4v) is 4.67. The number of para-hydroxylation sites is 5. The third-order valence-electron chi connectivity index (χ3n) is 6.46. The summed E-state index contributed by atoms with van der Waals surface area (Å²) in [4.78, 5) is 43.6. The maximum absolute atomic E-state index is 14.1. The molecule has 1 N–H and O–H groups in total. The van der Waals surface area contributed by atoms with Crippen LogP contribution in [0.4, 0.5) is 11.4 Å². The lowest BCUT2D eigenvalue weighted by Gasteiger charge is -2.27. The van der Waals surface area contributed by atoms with Gasteiger partial charge in [0.25, 0.3) is 11.1 Å². The molecule has 8 heteroatoms. The van der Waals surface area contributed by atoms with Crippen LogP contribution in [0.2, 0.25) is 0 Å². The molecule has 1 amide bonds. The SMILES string of the molecule is CC(C)N(C(=O)Cn1c(=O)c(=NNc2ccccc2)c(=O)n(-c2ccccc2)c2ccccc21)c1ccccc1. The molecule has 0 aliphatic rings. The van der Waals surface area contributed by atoms with Gasteiger partial charge in [0.15, 0.2) is 0 Å². The first-order valence-corrected chi connectivity index (χ1v) is 13.0. The molecule has 4 aromatic carbocycles. The summed E-state index contributed by atoms with van der Waals surface area (Å²) in [6, 6.07) is 34.3. The van der Waals surface area contributed by atoms with Crippen molar-refractivity contribution in [3.05, 3.63) is 141 Å². The minimum absolute atomic E-state index is 0.164. The highest BCUT2D eigenvalue weighted by molar-refractivity contribution is 5.94. The van der Waals surface area contributed by atoms with Gasteiger partial charge in [-0.1, -0.05) is 66.7 Å². The Morgan fingerprint density at radius 1 is 0.750 bits per heavy atom. The lowest BCUT2D eigenvalue weighted by molar-refractivity contribution is -0.119. The quantitative estimate of drug-likeness (QED) is 0.313. The number of nitrogens with one attached hydrogen (secondary N) is 1. The Balaban J connectivity index is 1.79. The Bertz CT molecular complexity index is 1830. The van der Waals surface area contributed by atoms with E-state index in [2.05, 4.69) is 10.5 Å². The fraction of sp³-hybridized carbons (Fsp3) is 0.125. The molecule has 200 valence electrons. The second-order valence-corrected chi connectivity index (χ2v) is 9.49. The molecule has 0 aliphatic carbocycles. The maximum Gasteiger partial charge on any atom is 0.289 e. The Hall–Kier alpha value is -5.24. The summed E-state index contributed by atoms with van der Waals surface area (Å²) in [7, 11) is 0. The van der Waals surface area contributed by atoms with Gasteiger partial charge in [0.2, 0.25) is 11.3 Å². The van der Waals surface area contributed by atoms with Gasteiger partial charge >= 0.3 is 0 Å². The van der Waals surface area contributed by atoms with Crippen LogP contribution in [0.5, 0.6) is 0 Å². The number of hydrogen-bond donors (Lipinski definition) is 1. The molecule has 1 heterocycles.